The minimum absolute atomic E-state index is 0.313. The van der Waals surface area contributed by atoms with Crippen molar-refractivity contribution in [1.29, 1.82) is 0 Å². The number of aromatic carboxylic acids is 1. The number of aromatic nitrogens is 2. The highest BCUT2D eigenvalue weighted by molar-refractivity contribution is 5.88. The molecule has 0 saturated carbocycles. The second-order valence-corrected chi connectivity index (χ2v) is 4.98. The topological polar surface area (TPSA) is 75.6 Å². The van der Waals surface area contributed by atoms with E-state index in [4.69, 9.17) is 9.84 Å². The zero-order chi connectivity index (χ0) is 15.0. The maximum Gasteiger partial charge on any atom is 0.335 e. The van der Waals surface area contributed by atoms with Gasteiger partial charge in [-0.25, -0.2) is 14.8 Å². The molecule has 6 heteroatoms. The van der Waals surface area contributed by atoms with Crippen LogP contribution in [-0.4, -0.2) is 28.2 Å². The zero-order valence-corrected chi connectivity index (χ0v) is 11.8. The summed E-state index contributed by atoms with van der Waals surface area (Å²) in [4.78, 5) is 21.5. The predicted octanol–water partition coefficient (Wildman–Crippen LogP) is 2.01. The molecule has 0 bridgehead atoms. The number of fused-ring (bicyclic) bond motifs is 1. The van der Waals surface area contributed by atoms with E-state index in [2.05, 4.69) is 14.9 Å². The molecule has 0 atom stereocenters. The lowest BCUT2D eigenvalue weighted by atomic mass is 10.1. The third-order valence-corrected chi connectivity index (χ3v) is 3.68. The average molecular weight is 285 g/mol. The van der Waals surface area contributed by atoms with E-state index in [1.165, 1.54) is 6.33 Å². The van der Waals surface area contributed by atoms with Gasteiger partial charge in [-0.1, -0.05) is 6.07 Å². The van der Waals surface area contributed by atoms with Gasteiger partial charge in [0.05, 0.1) is 18.2 Å². The molecule has 1 aliphatic rings. The van der Waals surface area contributed by atoms with E-state index in [1.54, 1.807) is 19.2 Å². The molecule has 2 heterocycles. The lowest BCUT2D eigenvalue weighted by Gasteiger charge is -2.19. The highest BCUT2D eigenvalue weighted by Gasteiger charge is 2.23. The van der Waals surface area contributed by atoms with Crippen molar-refractivity contribution in [2.45, 2.75) is 20.0 Å². The summed E-state index contributed by atoms with van der Waals surface area (Å²) in [6.45, 7) is 3.26. The van der Waals surface area contributed by atoms with E-state index in [9.17, 15) is 4.79 Å². The second-order valence-electron chi connectivity index (χ2n) is 4.98. The van der Waals surface area contributed by atoms with Crippen molar-refractivity contribution in [3.8, 4) is 5.88 Å². The molecule has 6 nitrogen and oxygen atoms in total. The zero-order valence-electron chi connectivity index (χ0n) is 11.8. The maximum absolute atomic E-state index is 11.0. The Hall–Kier alpha value is -2.63. The van der Waals surface area contributed by atoms with Crippen LogP contribution in [0.4, 0.5) is 5.82 Å². The van der Waals surface area contributed by atoms with Crippen LogP contribution in [0.15, 0.2) is 24.5 Å². The minimum Gasteiger partial charge on any atom is -0.481 e. The Labute approximate surface area is 122 Å². The first-order valence-electron chi connectivity index (χ1n) is 6.55. The Kier molecular flexibility index (Phi) is 3.21. The molecule has 1 N–H and O–H groups in total. The van der Waals surface area contributed by atoms with Gasteiger partial charge < -0.3 is 14.7 Å². The number of rotatable bonds is 3. The van der Waals surface area contributed by atoms with Crippen LogP contribution in [0.2, 0.25) is 0 Å². The molecule has 0 unspecified atom stereocenters. The van der Waals surface area contributed by atoms with E-state index >= 15 is 0 Å². The largest absolute Gasteiger partial charge is 0.481 e. The van der Waals surface area contributed by atoms with Crippen molar-refractivity contribution >= 4 is 11.8 Å². The molecular formula is C15H15N3O3. The van der Waals surface area contributed by atoms with Crippen LogP contribution in [-0.2, 0) is 13.1 Å². The van der Waals surface area contributed by atoms with Crippen LogP contribution in [0.1, 0.15) is 27.0 Å². The first-order chi connectivity index (χ1) is 10.1. The van der Waals surface area contributed by atoms with Crippen molar-refractivity contribution in [1.82, 2.24) is 9.97 Å². The number of methoxy groups -OCH3 is 1. The van der Waals surface area contributed by atoms with Gasteiger partial charge in [-0.3, -0.25) is 0 Å². The van der Waals surface area contributed by atoms with Crippen molar-refractivity contribution in [3.05, 3.63) is 46.8 Å². The quantitative estimate of drug-likeness (QED) is 0.929. The summed E-state index contributed by atoms with van der Waals surface area (Å²) in [5, 5.41) is 9.06. The number of hydrogen-bond donors (Lipinski definition) is 1. The fraction of sp³-hybridized carbons (Fsp3) is 0.267. The van der Waals surface area contributed by atoms with Crippen LogP contribution in [0.25, 0.3) is 0 Å². The Morgan fingerprint density at radius 1 is 1.29 bits per heavy atom. The first kappa shape index (κ1) is 13.4. The molecule has 1 aromatic carbocycles. The Morgan fingerprint density at radius 2 is 2.05 bits per heavy atom. The fourth-order valence-corrected chi connectivity index (χ4v) is 2.63. The van der Waals surface area contributed by atoms with Crippen LogP contribution >= 0.6 is 0 Å². The van der Waals surface area contributed by atoms with Crippen LogP contribution in [0, 0.1) is 6.92 Å². The van der Waals surface area contributed by atoms with E-state index in [1.807, 2.05) is 13.0 Å². The fourth-order valence-electron chi connectivity index (χ4n) is 2.63. The Morgan fingerprint density at radius 3 is 2.76 bits per heavy atom. The molecule has 0 amide bonds. The molecule has 1 aromatic heterocycles. The van der Waals surface area contributed by atoms with Gasteiger partial charge in [-0.15, -0.1) is 0 Å². The summed E-state index contributed by atoms with van der Waals surface area (Å²) >= 11 is 0. The van der Waals surface area contributed by atoms with Gasteiger partial charge >= 0.3 is 5.97 Å². The first-order valence-corrected chi connectivity index (χ1v) is 6.55. The van der Waals surface area contributed by atoms with Gasteiger partial charge in [-0.2, -0.15) is 0 Å². The maximum atomic E-state index is 11.0. The highest BCUT2D eigenvalue weighted by Crippen LogP contribution is 2.31. The average Bonchev–Trinajstić information content (AvgIpc) is 2.90. The predicted molar refractivity (Wildman–Crippen MR) is 76.6 cm³/mol. The molecule has 2 aromatic rings. The molecule has 0 radical (unpaired) electrons. The summed E-state index contributed by atoms with van der Waals surface area (Å²) in [7, 11) is 1.58. The molecule has 0 fully saturated rings. The van der Waals surface area contributed by atoms with E-state index in [0.717, 1.165) is 22.5 Å². The SMILES string of the molecule is COc1ncnc(N2Cc3ccc(C(=O)O)cc3C2)c1C. The normalized spacial score (nSPS) is 13.1. The Balaban J connectivity index is 1.93. The van der Waals surface area contributed by atoms with Crippen molar-refractivity contribution in [3.63, 3.8) is 0 Å². The van der Waals surface area contributed by atoms with E-state index in [0.29, 0.717) is 24.5 Å². The lowest BCUT2D eigenvalue weighted by molar-refractivity contribution is 0.0697. The highest BCUT2D eigenvalue weighted by atomic mass is 16.5. The van der Waals surface area contributed by atoms with Gasteiger partial charge in [0.15, 0.2) is 0 Å². The number of benzene rings is 1. The third kappa shape index (κ3) is 2.29. The second kappa shape index (κ2) is 5.05. The number of nitrogens with zero attached hydrogens (tertiary/aromatic N) is 3. The summed E-state index contributed by atoms with van der Waals surface area (Å²) in [6.07, 6.45) is 1.48. The van der Waals surface area contributed by atoms with Gasteiger partial charge in [-0.05, 0) is 30.2 Å². The summed E-state index contributed by atoms with van der Waals surface area (Å²) < 4.78 is 5.22. The minimum atomic E-state index is -0.906. The molecular weight excluding hydrogens is 270 g/mol. The number of anilines is 1. The van der Waals surface area contributed by atoms with Gasteiger partial charge in [0, 0.05) is 13.1 Å². The number of carboxylic acid groups (broad SMARTS) is 1. The van der Waals surface area contributed by atoms with Crippen molar-refractivity contribution in [2.24, 2.45) is 0 Å². The molecule has 108 valence electrons. The van der Waals surface area contributed by atoms with Crippen LogP contribution in [0.5, 0.6) is 5.88 Å². The standard InChI is InChI=1S/C15H15N3O3/c1-9-13(16-8-17-14(9)21-2)18-6-11-4-3-10(15(19)20)5-12(11)7-18/h3-5,8H,6-7H2,1-2H3,(H,19,20). The smallest absolute Gasteiger partial charge is 0.335 e. The summed E-state index contributed by atoms with van der Waals surface area (Å²) in [5.74, 6) is 0.466. The summed E-state index contributed by atoms with van der Waals surface area (Å²) in [6, 6.07) is 5.23. The van der Waals surface area contributed by atoms with Gasteiger partial charge in [0.1, 0.15) is 12.1 Å². The molecule has 21 heavy (non-hydrogen) atoms. The van der Waals surface area contributed by atoms with Gasteiger partial charge in [0.2, 0.25) is 5.88 Å². The molecule has 0 spiro atoms. The van der Waals surface area contributed by atoms with Crippen molar-refractivity contribution in [2.75, 3.05) is 12.0 Å². The summed E-state index contributed by atoms with van der Waals surface area (Å²) in [5.41, 5.74) is 3.34. The number of carboxylic acids is 1. The van der Waals surface area contributed by atoms with Crippen molar-refractivity contribution < 1.29 is 14.6 Å². The molecule has 0 aliphatic carbocycles. The molecule has 3 rings (SSSR count). The number of carbonyl (C=O) groups is 1. The van der Waals surface area contributed by atoms with Crippen LogP contribution in [0.3, 0.4) is 0 Å². The Bertz CT molecular complexity index is 715. The van der Waals surface area contributed by atoms with E-state index in [-0.39, 0.29) is 0 Å². The molecule has 0 saturated heterocycles. The number of ether oxygens (including phenoxy) is 1. The molecule has 1 aliphatic heterocycles. The van der Waals surface area contributed by atoms with Gasteiger partial charge in [0.25, 0.3) is 0 Å². The van der Waals surface area contributed by atoms with E-state index < -0.39 is 5.97 Å². The third-order valence-electron chi connectivity index (χ3n) is 3.68. The number of hydrogen-bond acceptors (Lipinski definition) is 5. The lowest BCUT2D eigenvalue weighted by Crippen LogP contribution is -2.17. The van der Waals surface area contributed by atoms with Crippen LogP contribution < -0.4 is 9.64 Å². The monoisotopic (exact) mass is 285 g/mol.